The molecule has 126 valence electrons. The molecule has 1 aliphatic heterocycles. The molecule has 2 aromatic rings. The van der Waals surface area contributed by atoms with E-state index in [9.17, 15) is 14.3 Å². The van der Waals surface area contributed by atoms with Gasteiger partial charge in [0.1, 0.15) is 11.6 Å². The standard InChI is InChI=1S/C18H19FN2O3/c19-14-5-6-16(17(22)9-14)18(23)21(12-15-4-2-8-24-15)11-13-3-1-7-20-10-13/h1,3,5-7,9-10,15,22H,2,4,8,11-12H2/t15-/m1/s1. The van der Waals surface area contributed by atoms with Crippen molar-refractivity contribution in [2.45, 2.75) is 25.5 Å². The predicted octanol–water partition coefficient (Wildman–Crippen LogP) is 2.75. The molecule has 0 aliphatic carbocycles. The highest BCUT2D eigenvalue weighted by atomic mass is 19.1. The molecule has 3 rings (SSSR count). The minimum atomic E-state index is -0.581. The van der Waals surface area contributed by atoms with Crippen molar-refractivity contribution in [3.63, 3.8) is 0 Å². The van der Waals surface area contributed by atoms with Gasteiger partial charge in [-0.1, -0.05) is 6.07 Å². The number of hydrogen-bond acceptors (Lipinski definition) is 4. The molecule has 0 bridgehead atoms. The monoisotopic (exact) mass is 330 g/mol. The summed E-state index contributed by atoms with van der Waals surface area (Å²) in [5.41, 5.74) is 0.962. The topological polar surface area (TPSA) is 62.7 Å². The van der Waals surface area contributed by atoms with Gasteiger partial charge in [-0.3, -0.25) is 9.78 Å². The van der Waals surface area contributed by atoms with Crippen LogP contribution in [-0.4, -0.2) is 40.2 Å². The summed E-state index contributed by atoms with van der Waals surface area (Å²) in [7, 11) is 0. The van der Waals surface area contributed by atoms with E-state index in [0.717, 1.165) is 24.5 Å². The van der Waals surface area contributed by atoms with Crippen molar-refractivity contribution in [1.29, 1.82) is 0 Å². The molecule has 0 unspecified atom stereocenters. The maximum Gasteiger partial charge on any atom is 0.258 e. The number of nitrogens with zero attached hydrogens (tertiary/aromatic N) is 2. The van der Waals surface area contributed by atoms with Crippen LogP contribution in [0.2, 0.25) is 0 Å². The molecule has 6 heteroatoms. The maximum absolute atomic E-state index is 13.2. The lowest BCUT2D eigenvalue weighted by atomic mass is 10.1. The fraction of sp³-hybridized carbons (Fsp3) is 0.333. The van der Waals surface area contributed by atoms with Crippen molar-refractivity contribution in [3.8, 4) is 5.75 Å². The Hall–Kier alpha value is -2.47. The first-order valence-electron chi connectivity index (χ1n) is 7.92. The summed E-state index contributed by atoms with van der Waals surface area (Å²) in [6, 6.07) is 7.11. The molecular weight excluding hydrogens is 311 g/mol. The Morgan fingerprint density at radius 3 is 2.96 bits per heavy atom. The van der Waals surface area contributed by atoms with Gasteiger partial charge in [-0.2, -0.15) is 0 Å². The first-order chi connectivity index (χ1) is 11.6. The summed E-state index contributed by atoms with van der Waals surface area (Å²) >= 11 is 0. The number of aromatic hydroxyl groups is 1. The molecule has 1 N–H and O–H groups in total. The van der Waals surface area contributed by atoms with Gasteiger partial charge in [0.05, 0.1) is 11.7 Å². The summed E-state index contributed by atoms with van der Waals surface area (Å²) in [4.78, 5) is 18.5. The van der Waals surface area contributed by atoms with Crippen molar-refractivity contribution < 1.29 is 19.0 Å². The molecule has 5 nitrogen and oxygen atoms in total. The van der Waals surface area contributed by atoms with Crippen LogP contribution in [0.15, 0.2) is 42.7 Å². The summed E-state index contributed by atoms with van der Waals surface area (Å²) in [5, 5.41) is 9.91. The average Bonchev–Trinajstić information content (AvgIpc) is 3.08. The minimum absolute atomic E-state index is 0.0202. The number of phenolic OH excluding ortho intramolecular Hbond substituents is 1. The molecule has 1 amide bonds. The molecule has 24 heavy (non-hydrogen) atoms. The van der Waals surface area contributed by atoms with E-state index in [0.29, 0.717) is 19.7 Å². The number of halogens is 1. The fourth-order valence-electron chi connectivity index (χ4n) is 2.82. The van der Waals surface area contributed by atoms with Gasteiger partial charge in [0.25, 0.3) is 5.91 Å². The van der Waals surface area contributed by atoms with Crippen molar-refractivity contribution in [3.05, 3.63) is 59.7 Å². The number of pyridine rings is 1. The molecule has 0 radical (unpaired) electrons. The highest BCUT2D eigenvalue weighted by Crippen LogP contribution is 2.22. The number of carbonyl (C=O) groups is 1. The number of carbonyl (C=O) groups excluding carboxylic acids is 1. The molecule has 1 aromatic carbocycles. The largest absolute Gasteiger partial charge is 0.507 e. The highest BCUT2D eigenvalue weighted by molar-refractivity contribution is 5.96. The molecule has 0 spiro atoms. The number of rotatable bonds is 5. The number of aromatic nitrogens is 1. The van der Waals surface area contributed by atoms with Crippen LogP contribution in [0.4, 0.5) is 4.39 Å². The van der Waals surface area contributed by atoms with E-state index in [1.165, 1.54) is 12.1 Å². The molecule has 1 atom stereocenters. The van der Waals surface area contributed by atoms with Crippen LogP contribution in [0.25, 0.3) is 0 Å². The minimum Gasteiger partial charge on any atom is -0.507 e. The van der Waals surface area contributed by atoms with Crippen LogP contribution < -0.4 is 0 Å². The van der Waals surface area contributed by atoms with E-state index >= 15 is 0 Å². The normalized spacial score (nSPS) is 17.0. The maximum atomic E-state index is 13.2. The van der Waals surface area contributed by atoms with Crippen molar-refractivity contribution >= 4 is 5.91 Å². The van der Waals surface area contributed by atoms with Gasteiger partial charge < -0.3 is 14.7 Å². The first-order valence-corrected chi connectivity index (χ1v) is 7.92. The summed E-state index contributed by atoms with van der Waals surface area (Å²) < 4.78 is 18.8. The predicted molar refractivity (Wildman–Crippen MR) is 86.0 cm³/mol. The third-order valence-corrected chi connectivity index (χ3v) is 4.02. The Morgan fingerprint density at radius 1 is 1.42 bits per heavy atom. The average molecular weight is 330 g/mol. The first kappa shape index (κ1) is 16.4. The second kappa shape index (κ2) is 7.40. The molecule has 1 saturated heterocycles. The van der Waals surface area contributed by atoms with Gasteiger partial charge in [-0.25, -0.2) is 4.39 Å². The highest BCUT2D eigenvalue weighted by Gasteiger charge is 2.25. The number of ether oxygens (including phenoxy) is 1. The molecular formula is C18H19FN2O3. The zero-order valence-electron chi connectivity index (χ0n) is 13.2. The molecule has 1 aliphatic rings. The van der Waals surface area contributed by atoms with Crippen LogP contribution >= 0.6 is 0 Å². The summed E-state index contributed by atoms with van der Waals surface area (Å²) in [6.07, 6.45) is 5.21. The second-order valence-corrected chi connectivity index (χ2v) is 5.84. The van der Waals surface area contributed by atoms with Gasteiger partial charge in [0.15, 0.2) is 0 Å². The number of benzene rings is 1. The molecule has 1 aromatic heterocycles. The van der Waals surface area contributed by atoms with E-state index in [-0.39, 0.29) is 23.3 Å². The Kier molecular flexibility index (Phi) is 5.05. The smallest absolute Gasteiger partial charge is 0.258 e. The van der Waals surface area contributed by atoms with Crippen LogP contribution in [0.3, 0.4) is 0 Å². The van der Waals surface area contributed by atoms with Crippen LogP contribution in [0.5, 0.6) is 5.75 Å². The summed E-state index contributed by atoms with van der Waals surface area (Å²) in [5.74, 6) is -1.29. The van der Waals surface area contributed by atoms with Crippen molar-refractivity contribution in [1.82, 2.24) is 9.88 Å². The fourth-order valence-corrected chi connectivity index (χ4v) is 2.82. The van der Waals surface area contributed by atoms with Gasteiger partial charge in [0, 0.05) is 38.2 Å². The van der Waals surface area contributed by atoms with Gasteiger partial charge in [-0.05, 0) is 36.6 Å². The van der Waals surface area contributed by atoms with Gasteiger partial charge in [0.2, 0.25) is 0 Å². The van der Waals surface area contributed by atoms with E-state index in [4.69, 9.17) is 4.74 Å². The van der Waals surface area contributed by atoms with E-state index in [2.05, 4.69) is 4.98 Å². The number of phenols is 1. The van der Waals surface area contributed by atoms with Crippen molar-refractivity contribution in [2.24, 2.45) is 0 Å². The number of amides is 1. The second-order valence-electron chi connectivity index (χ2n) is 5.84. The lowest BCUT2D eigenvalue weighted by Gasteiger charge is -2.26. The zero-order chi connectivity index (χ0) is 16.9. The molecule has 1 fully saturated rings. The quantitative estimate of drug-likeness (QED) is 0.916. The third kappa shape index (κ3) is 3.89. The van der Waals surface area contributed by atoms with E-state index in [1.54, 1.807) is 23.4 Å². The molecule has 0 saturated carbocycles. The van der Waals surface area contributed by atoms with Crippen molar-refractivity contribution in [2.75, 3.05) is 13.2 Å². The Morgan fingerprint density at radius 2 is 2.29 bits per heavy atom. The third-order valence-electron chi connectivity index (χ3n) is 4.02. The van der Waals surface area contributed by atoms with Crippen LogP contribution in [0.1, 0.15) is 28.8 Å². The van der Waals surface area contributed by atoms with E-state index < -0.39 is 5.82 Å². The Bertz CT molecular complexity index is 703. The number of hydrogen-bond donors (Lipinski definition) is 1. The SMILES string of the molecule is O=C(c1ccc(F)cc1O)N(Cc1cccnc1)C[C@H]1CCCO1. The Labute approximate surface area is 139 Å². The zero-order valence-corrected chi connectivity index (χ0v) is 13.2. The lowest BCUT2D eigenvalue weighted by molar-refractivity contribution is 0.0504. The summed E-state index contributed by atoms with van der Waals surface area (Å²) in [6.45, 7) is 1.47. The van der Waals surface area contributed by atoms with Crippen LogP contribution in [0, 0.1) is 5.82 Å². The van der Waals surface area contributed by atoms with Gasteiger partial charge >= 0.3 is 0 Å². The lowest BCUT2D eigenvalue weighted by Crippen LogP contribution is -2.37. The molecule has 2 heterocycles. The van der Waals surface area contributed by atoms with Crippen LogP contribution in [-0.2, 0) is 11.3 Å². The van der Waals surface area contributed by atoms with E-state index in [1.807, 2.05) is 6.07 Å². The Balaban J connectivity index is 1.83. The van der Waals surface area contributed by atoms with Gasteiger partial charge in [-0.15, -0.1) is 0 Å².